The molecule has 0 aliphatic rings. The van der Waals surface area contributed by atoms with Crippen molar-refractivity contribution in [3.63, 3.8) is 0 Å². The first-order valence-corrected chi connectivity index (χ1v) is 5.25. The zero-order valence-corrected chi connectivity index (χ0v) is 11.4. The molecule has 102 valence electrons. The molecule has 18 heavy (non-hydrogen) atoms. The summed E-state index contributed by atoms with van der Waals surface area (Å²) in [5.74, 6) is 0.325. The molecular weight excluding hydrogens is 258 g/mol. The minimum absolute atomic E-state index is 0. The molecule has 0 spiro atoms. The van der Waals surface area contributed by atoms with Crippen LogP contribution in [-0.2, 0) is 4.79 Å². The number of nitrogens with two attached hydrogens (primary N) is 1. The van der Waals surface area contributed by atoms with E-state index in [9.17, 15) is 9.90 Å². The molecule has 0 unspecified atom stereocenters. The Morgan fingerprint density at radius 2 is 2.00 bits per heavy atom. The average Bonchev–Trinajstić information content (AvgIpc) is 2.27. The second-order valence-electron chi connectivity index (χ2n) is 3.77. The van der Waals surface area contributed by atoms with E-state index in [0.717, 1.165) is 0 Å². The summed E-state index contributed by atoms with van der Waals surface area (Å²) in [6.07, 6.45) is -0.667. The molecule has 1 aromatic rings. The van der Waals surface area contributed by atoms with Crippen molar-refractivity contribution in [2.24, 2.45) is 5.73 Å². The van der Waals surface area contributed by atoms with Crippen LogP contribution in [0.15, 0.2) is 18.2 Å². The number of rotatable bonds is 4. The lowest BCUT2D eigenvalue weighted by atomic mass is 10.0. The molecule has 0 aliphatic heterocycles. The molecule has 0 amide bonds. The lowest BCUT2D eigenvalue weighted by Crippen LogP contribution is -2.23. The van der Waals surface area contributed by atoms with Crippen molar-refractivity contribution in [1.29, 1.82) is 0 Å². The van der Waals surface area contributed by atoms with E-state index in [0.29, 0.717) is 17.1 Å². The van der Waals surface area contributed by atoms with Gasteiger partial charge < -0.3 is 20.3 Å². The fraction of sp³-hybridized carbons (Fsp3) is 0.417. The predicted molar refractivity (Wildman–Crippen MR) is 70.2 cm³/mol. The molecule has 0 aromatic heterocycles. The highest BCUT2D eigenvalue weighted by Gasteiger charge is 2.15. The van der Waals surface area contributed by atoms with Gasteiger partial charge in [0.2, 0.25) is 0 Å². The molecule has 1 aromatic carbocycles. The van der Waals surface area contributed by atoms with E-state index < -0.39 is 18.1 Å². The molecule has 0 heterocycles. The highest BCUT2D eigenvalue weighted by atomic mass is 35.5. The van der Waals surface area contributed by atoms with Crippen molar-refractivity contribution in [1.82, 2.24) is 0 Å². The summed E-state index contributed by atoms with van der Waals surface area (Å²) < 4.78 is 10.1. The quantitative estimate of drug-likeness (QED) is 0.642. The average molecular weight is 276 g/mol. The van der Waals surface area contributed by atoms with Crippen LogP contribution in [0.3, 0.4) is 0 Å². The van der Waals surface area contributed by atoms with Crippen LogP contribution in [0.1, 0.15) is 25.5 Å². The van der Waals surface area contributed by atoms with Crippen molar-refractivity contribution >= 4 is 18.4 Å². The first-order valence-electron chi connectivity index (χ1n) is 5.25. The van der Waals surface area contributed by atoms with E-state index in [1.165, 1.54) is 14.0 Å². The number of aliphatic hydroxyl groups is 1. The molecule has 0 aliphatic carbocycles. The van der Waals surface area contributed by atoms with Crippen LogP contribution in [0, 0.1) is 0 Å². The van der Waals surface area contributed by atoms with Crippen LogP contribution >= 0.6 is 12.4 Å². The fourth-order valence-electron chi connectivity index (χ4n) is 1.41. The summed E-state index contributed by atoms with van der Waals surface area (Å²) >= 11 is 0. The fourth-order valence-corrected chi connectivity index (χ4v) is 1.41. The van der Waals surface area contributed by atoms with Crippen molar-refractivity contribution in [2.75, 3.05) is 7.11 Å². The molecule has 3 N–H and O–H groups in total. The Morgan fingerprint density at radius 1 is 1.39 bits per heavy atom. The Kier molecular flexibility index (Phi) is 6.68. The van der Waals surface area contributed by atoms with Crippen LogP contribution in [-0.4, -0.2) is 24.3 Å². The number of carbonyl (C=O) groups excluding carboxylic acids is 1. The standard InChI is InChI=1S/C12H17NO4.ClH/c1-7(14)12(13)9-4-5-10(17-8(2)15)11(6-9)16-3;/h4-7,12,14H,13H2,1-3H3;1H/t7-,12-;/m1./s1. The minimum Gasteiger partial charge on any atom is -0.493 e. The van der Waals surface area contributed by atoms with Gasteiger partial charge in [0, 0.05) is 6.92 Å². The van der Waals surface area contributed by atoms with Crippen molar-refractivity contribution in [2.45, 2.75) is 26.0 Å². The summed E-state index contributed by atoms with van der Waals surface area (Å²) in [7, 11) is 1.47. The van der Waals surface area contributed by atoms with Crippen LogP contribution in [0.5, 0.6) is 11.5 Å². The number of hydrogen-bond acceptors (Lipinski definition) is 5. The molecule has 0 radical (unpaired) electrons. The van der Waals surface area contributed by atoms with Gasteiger partial charge in [-0.1, -0.05) is 6.07 Å². The van der Waals surface area contributed by atoms with Gasteiger partial charge in [0.1, 0.15) is 0 Å². The van der Waals surface area contributed by atoms with Crippen molar-refractivity contribution in [3.05, 3.63) is 23.8 Å². The lowest BCUT2D eigenvalue weighted by molar-refractivity contribution is -0.132. The first-order chi connectivity index (χ1) is 7.95. The molecule has 6 heteroatoms. The molecular formula is C12H18ClNO4. The van der Waals surface area contributed by atoms with Crippen molar-refractivity contribution < 1.29 is 19.4 Å². The highest BCUT2D eigenvalue weighted by Crippen LogP contribution is 2.30. The van der Waals surface area contributed by atoms with E-state index in [2.05, 4.69) is 0 Å². The number of carbonyl (C=O) groups is 1. The summed E-state index contributed by atoms with van der Waals surface area (Å²) in [5.41, 5.74) is 6.51. The molecule has 2 atom stereocenters. The number of hydrogen-bond donors (Lipinski definition) is 2. The Bertz CT molecular complexity index is 409. The van der Waals surface area contributed by atoms with Crippen LogP contribution < -0.4 is 15.2 Å². The molecule has 0 fully saturated rings. The van der Waals surface area contributed by atoms with E-state index in [-0.39, 0.29) is 12.4 Å². The van der Waals surface area contributed by atoms with E-state index >= 15 is 0 Å². The lowest BCUT2D eigenvalue weighted by Gasteiger charge is -2.17. The van der Waals surface area contributed by atoms with Gasteiger partial charge in [-0.25, -0.2) is 0 Å². The van der Waals surface area contributed by atoms with Gasteiger partial charge in [0.15, 0.2) is 11.5 Å². The maximum absolute atomic E-state index is 10.9. The number of methoxy groups -OCH3 is 1. The predicted octanol–water partition coefficient (Wildman–Crippen LogP) is 1.42. The summed E-state index contributed by atoms with van der Waals surface area (Å²) in [4.78, 5) is 10.9. The summed E-state index contributed by atoms with van der Waals surface area (Å²) in [6.45, 7) is 2.92. The van der Waals surface area contributed by atoms with Gasteiger partial charge in [-0.2, -0.15) is 0 Å². The second-order valence-corrected chi connectivity index (χ2v) is 3.77. The SMILES string of the molecule is COc1cc([C@H](N)[C@@H](C)O)ccc1OC(C)=O.Cl. The van der Waals surface area contributed by atoms with Gasteiger partial charge in [-0.3, -0.25) is 4.79 Å². The molecule has 5 nitrogen and oxygen atoms in total. The number of ether oxygens (including phenoxy) is 2. The Balaban J connectivity index is 0.00000289. The Hall–Kier alpha value is -1.30. The van der Waals surface area contributed by atoms with Gasteiger partial charge in [-0.15, -0.1) is 12.4 Å². The molecule has 0 bridgehead atoms. The van der Waals surface area contributed by atoms with E-state index in [4.69, 9.17) is 15.2 Å². The first kappa shape index (κ1) is 16.7. The maximum atomic E-state index is 10.9. The third kappa shape index (κ3) is 4.18. The summed E-state index contributed by atoms with van der Waals surface area (Å²) in [6, 6.07) is 4.43. The van der Waals surface area contributed by atoms with Gasteiger partial charge in [0.25, 0.3) is 0 Å². The zero-order valence-electron chi connectivity index (χ0n) is 10.5. The molecule has 1 rings (SSSR count). The van der Waals surface area contributed by atoms with Crippen LogP contribution in [0.4, 0.5) is 0 Å². The minimum atomic E-state index is -0.667. The van der Waals surface area contributed by atoms with Gasteiger partial charge in [-0.05, 0) is 24.6 Å². The maximum Gasteiger partial charge on any atom is 0.308 e. The van der Waals surface area contributed by atoms with Crippen LogP contribution in [0.25, 0.3) is 0 Å². The number of benzene rings is 1. The Labute approximate surface area is 112 Å². The topological polar surface area (TPSA) is 81.8 Å². The van der Waals surface area contributed by atoms with Gasteiger partial charge in [0.05, 0.1) is 19.3 Å². The van der Waals surface area contributed by atoms with Crippen molar-refractivity contribution in [3.8, 4) is 11.5 Å². The smallest absolute Gasteiger partial charge is 0.308 e. The zero-order chi connectivity index (χ0) is 13.0. The highest BCUT2D eigenvalue weighted by molar-refractivity contribution is 5.85. The van der Waals surface area contributed by atoms with Crippen LogP contribution in [0.2, 0.25) is 0 Å². The Morgan fingerprint density at radius 3 is 2.44 bits per heavy atom. The van der Waals surface area contributed by atoms with E-state index in [1.54, 1.807) is 25.1 Å². The number of esters is 1. The third-order valence-electron chi connectivity index (χ3n) is 2.35. The molecule has 0 saturated carbocycles. The molecule has 0 saturated heterocycles. The largest absolute Gasteiger partial charge is 0.493 e. The van der Waals surface area contributed by atoms with E-state index in [1.807, 2.05) is 0 Å². The summed E-state index contributed by atoms with van der Waals surface area (Å²) in [5, 5.41) is 9.40. The second kappa shape index (κ2) is 7.20. The number of halogens is 1. The monoisotopic (exact) mass is 275 g/mol. The third-order valence-corrected chi connectivity index (χ3v) is 2.35. The van der Waals surface area contributed by atoms with Gasteiger partial charge >= 0.3 is 5.97 Å². The number of aliphatic hydroxyl groups excluding tert-OH is 1. The normalized spacial score (nSPS) is 13.2.